The third-order valence-corrected chi connectivity index (χ3v) is 5.01. The van der Waals surface area contributed by atoms with Crippen molar-refractivity contribution in [1.29, 1.82) is 0 Å². The van der Waals surface area contributed by atoms with Crippen LogP contribution in [-0.2, 0) is 15.9 Å². The molecule has 0 heterocycles. The molecule has 1 unspecified atom stereocenters. The van der Waals surface area contributed by atoms with E-state index < -0.39 is 11.9 Å². The summed E-state index contributed by atoms with van der Waals surface area (Å²) in [5.41, 5.74) is 4.40. The van der Waals surface area contributed by atoms with Crippen LogP contribution in [0.2, 0.25) is 5.02 Å². The number of esters is 2. The molecule has 0 saturated heterocycles. The number of hydrogen-bond donors (Lipinski definition) is 0. The molecule has 2 aromatic rings. The lowest BCUT2D eigenvalue weighted by atomic mass is 9.69. The first kappa shape index (κ1) is 18.3. The number of benzene rings is 2. The predicted octanol–water partition coefficient (Wildman–Crippen LogP) is 3.67. The average molecular weight is 374 g/mol. The first-order chi connectivity index (χ1) is 12.4. The van der Waals surface area contributed by atoms with Crippen molar-refractivity contribution in [2.24, 2.45) is 0 Å². The van der Waals surface area contributed by atoms with Crippen molar-refractivity contribution < 1.29 is 19.1 Å². The quantitative estimate of drug-likeness (QED) is 0.765. The summed E-state index contributed by atoms with van der Waals surface area (Å²) in [5, 5.41) is 0.678. The van der Waals surface area contributed by atoms with Crippen LogP contribution < -0.4 is 4.90 Å². The lowest BCUT2D eigenvalue weighted by Gasteiger charge is -2.37. The SMILES string of the molecule is COC(=O)c1cc(N(C)C)c2c(c1C(=O)OC)CC2c1ccc(Cl)cc1. The van der Waals surface area contributed by atoms with Crippen molar-refractivity contribution in [3.8, 4) is 0 Å². The Hall–Kier alpha value is -2.53. The summed E-state index contributed by atoms with van der Waals surface area (Å²) in [5.74, 6) is -0.942. The molecule has 0 fully saturated rings. The average Bonchev–Trinajstić information content (AvgIpc) is 2.61. The van der Waals surface area contributed by atoms with Crippen LogP contribution in [-0.4, -0.2) is 40.3 Å². The number of rotatable bonds is 4. The van der Waals surface area contributed by atoms with Crippen LogP contribution in [0.1, 0.15) is 43.3 Å². The molecule has 5 nitrogen and oxygen atoms in total. The van der Waals surface area contributed by atoms with Gasteiger partial charge in [0.05, 0.1) is 25.3 Å². The van der Waals surface area contributed by atoms with Gasteiger partial charge in [0.2, 0.25) is 0 Å². The maximum Gasteiger partial charge on any atom is 0.339 e. The van der Waals surface area contributed by atoms with Crippen LogP contribution in [0.3, 0.4) is 0 Å². The number of methoxy groups -OCH3 is 2. The smallest absolute Gasteiger partial charge is 0.339 e. The fourth-order valence-electron chi connectivity index (χ4n) is 3.47. The Labute approximate surface area is 157 Å². The van der Waals surface area contributed by atoms with E-state index in [1.54, 1.807) is 6.07 Å². The van der Waals surface area contributed by atoms with E-state index in [1.165, 1.54) is 14.2 Å². The number of fused-ring (bicyclic) bond motifs is 1. The highest BCUT2D eigenvalue weighted by atomic mass is 35.5. The van der Waals surface area contributed by atoms with Crippen molar-refractivity contribution in [1.82, 2.24) is 0 Å². The molecular weight excluding hydrogens is 354 g/mol. The van der Waals surface area contributed by atoms with E-state index in [1.807, 2.05) is 43.3 Å². The van der Waals surface area contributed by atoms with Gasteiger partial charge in [0, 0.05) is 30.7 Å². The molecule has 0 bridgehead atoms. The zero-order valence-electron chi connectivity index (χ0n) is 15.1. The zero-order valence-corrected chi connectivity index (χ0v) is 15.9. The van der Waals surface area contributed by atoms with E-state index in [0.717, 1.165) is 22.4 Å². The third kappa shape index (κ3) is 2.92. The molecular formula is C20H20ClNO4. The molecule has 1 aliphatic carbocycles. The van der Waals surface area contributed by atoms with Gasteiger partial charge in [0.25, 0.3) is 0 Å². The Balaban J connectivity index is 2.21. The second-order valence-electron chi connectivity index (χ2n) is 6.40. The summed E-state index contributed by atoms with van der Waals surface area (Å²) >= 11 is 6.00. The lowest BCUT2D eigenvalue weighted by molar-refractivity contribution is 0.0553. The molecule has 0 aliphatic heterocycles. The van der Waals surface area contributed by atoms with Crippen LogP contribution in [0.15, 0.2) is 30.3 Å². The number of nitrogens with zero attached hydrogens (tertiary/aromatic N) is 1. The Morgan fingerprint density at radius 2 is 1.69 bits per heavy atom. The zero-order chi connectivity index (χ0) is 19.0. The highest BCUT2D eigenvalue weighted by Crippen LogP contribution is 2.48. The normalized spacial score (nSPS) is 14.9. The molecule has 0 amide bonds. The van der Waals surface area contributed by atoms with Crippen molar-refractivity contribution in [2.45, 2.75) is 12.3 Å². The van der Waals surface area contributed by atoms with Crippen molar-refractivity contribution in [3.05, 3.63) is 63.2 Å². The van der Waals surface area contributed by atoms with Crippen molar-refractivity contribution in [3.63, 3.8) is 0 Å². The van der Waals surface area contributed by atoms with Gasteiger partial charge in [0.1, 0.15) is 0 Å². The molecule has 0 saturated carbocycles. The molecule has 1 atom stereocenters. The van der Waals surface area contributed by atoms with E-state index in [0.29, 0.717) is 17.0 Å². The summed E-state index contributed by atoms with van der Waals surface area (Å²) in [6, 6.07) is 9.39. The Morgan fingerprint density at radius 1 is 1.08 bits per heavy atom. The van der Waals surface area contributed by atoms with E-state index in [2.05, 4.69) is 0 Å². The Bertz CT molecular complexity index is 874. The minimum Gasteiger partial charge on any atom is -0.465 e. The first-order valence-electron chi connectivity index (χ1n) is 8.18. The number of hydrogen-bond acceptors (Lipinski definition) is 5. The number of carbonyl (C=O) groups excluding carboxylic acids is 2. The van der Waals surface area contributed by atoms with Gasteiger partial charge in [-0.05, 0) is 41.3 Å². The van der Waals surface area contributed by atoms with Crippen molar-refractivity contribution >= 4 is 29.2 Å². The lowest BCUT2D eigenvalue weighted by Crippen LogP contribution is -2.29. The molecule has 0 radical (unpaired) electrons. The second-order valence-corrected chi connectivity index (χ2v) is 6.83. The summed E-state index contributed by atoms with van der Waals surface area (Å²) < 4.78 is 9.79. The van der Waals surface area contributed by atoms with Gasteiger partial charge in [-0.1, -0.05) is 23.7 Å². The fourth-order valence-corrected chi connectivity index (χ4v) is 3.60. The molecule has 0 N–H and O–H groups in total. The number of ether oxygens (including phenoxy) is 2. The monoisotopic (exact) mass is 373 g/mol. The number of anilines is 1. The highest BCUT2D eigenvalue weighted by Gasteiger charge is 2.38. The van der Waals surface area contributed by atoms with Crippen LogP contribution in [0.25, 0.3) is 0 Å². The van der Waals surface area contributed by atoms with Crippen LogP contribution in [0.5, 0.6) is 0 Å². The largest absolute Gasteiger partial charge is 0.465 e. The molecule has 2 aromatic carbocycles. The highest BCUT2D eigenvalue weighted by molar-refractivity contribution is 6.30. The molecule has 6 heteroatoms. The standard InChI is InChI=1S/C20H20ClNO4/c1-22(2)16-10-15(19(23)25-3)18(20(24)26-4)14-9-13(17(14)16)11-5-7-12(21)8-6-11/h5-8,10,13H,9H2,1-4H3. The molecule has 0 aromatic heterocycles. The van der Waals surface area contributed by atoms with Gasteiger partial charge < -0.3 is 14.4 Å². The van der Waals surface area contributed by atoms with Gasteiger partial charge in [-0.15, -0.1) is 0 Å². The van der Waals surface area contributed by atoms with Gasteiger partial charge >= 0.3 is 11.9 Å². The molecule has 136 valence electrons. The summed E-state index contributed by atoms with van der Waals surface area (Å²) in [6.45, 7) is 0. The summed E-state index contributed by atoms with van der Waals surface area (Å²) in [6.07, 6.45) is 0.646. The topological polar surface area (TPSA) is 55.8 Å². The van der Waals surface area contributed by atoms with E-state index >= 15 is 0 Å². The maximum atomic E-state index is 12.4. The molecule has 3 rings (SSSR count). The second kappa shape index (κ2) is 7.00. The number of halogens is 1. The fraction of sp³-hybridized carbons (Fsp3) is 0.300. The van der Waals surface area contributed by atoms with Crippen molar-refractivity contribution in [2.75, 3.05) is 33.2 Å². The minimum atomic E-state index is -0.550. The molecule has 1 aliphatic rings. The maximum absolute atomic E-state index is 12.4. The van der Waals surface area contributed by atoms with E-state index in [4.69, 9.17) is 21.1 Å². The van der Waals surface area contributed by atoms with Gasteiger partial charge in [0.15, 0.2) is 0 Å². The third-order valence-electron chi connectivity index (χ3n) is 4.76. The Kier molecular flexibility index (Phi) is 4.92. The van der Waals surface area contributed by atoms with E-state index in [-0.39, 0.29) is 11.5 Å². The van der Waals surface area contributed by atoms with Gasteiger partial charge in [-0.3, -0.25) is 0 Å². The van der Waals surface area contributed by atoms with E-state index in [9.17, 15) is 9.59 Å². The predicted molar refractivity (Wildman–Crippen MR) is 100 cm³/mol. The minimum absolute atomic E-state index is 0.134. The van der Waals surface area contributed by atoms with Gasteiger partial charge in [-0.2, -0.15) is 0 Å². The summed E-state index contributed by atoms with van der Waals surface area (Å²) in [4.78, 5) is 26.6. The molecule has 26 heavy (non-hydrogen) atoms. The van der Waals surface area contributed by atoms with Crippen LogP contribution in [0.4, 0.5) is 5.69 Å². The van der Waals surface area contributed by atoms with Crippen LogP contribution >= 0.6 is 11.6 Å². The van der Waals surface area contributed by atoms with Gasteiger partial charge in [-0.25, -0.2) is 9.59 Å². The first-order valence-corrected chi connectivity index (χ1v) is 8.56. The molecule has 0 spiro atoms. The van der Waals surface area contributed by atoms with Crippen LogP contribution in [0, 0.1) is 0 Å². The number of carbonyl (C=O) groups is 2. The Morgan fingerprint density at radius 3 is 2.23 bits per heavy atom. The summed E-state index contributed by atoms with van der Waals surface area (Å²) in [7, 11) is 6.43.